The smallest absolute Gasteiger partial charge is 0.306 e. The largest absolute Gasteiger partial charge is 0.462 e. The Hall–Kier alpha value is -3.70. The number of aliphatic hydroxyl groups is 1. The van der Waals surface area contributed by atoms with Crippen LogP contribution in [0.15, 0.2) is 122 Å². The van der Waals surface area contributed by atoms with Crippen LogP contribution in [0.25, 0.3) is 0 Å². The molecule has 0 radical (unpaired) electrons. The van der Waals surface area contributed by atoms with Crippen molar-refractivity contribution in [1.82, 2.24) is 0 Å². The predicted molar refractivity (Wildman–Crippen MR) is 371 cm³/mol. The van der Waals surface area contributed by atoms with Crippen LogP contribution in [0.3, 0.4) is 0 Å². The lowest BCUT2D eigenvalue weighted by Crippen LogP contribution is -2.28. The van der Waals surface area contributed by atoms with E-state index < -0.39 is 6.10 Å². The second kappa shape index (κ2) is 73.6. The Morgan fingerprint density at radius 1 is 0.274 bits per heavy atom. The highest BCUT2D eigenvalue weighted by atomic mass is 16.6. The molecular formula is C79H136O5. The summed E-state index contributed by atoms with van der Waals surface area (Å²) in [6.07, 6.45) is 108. The molecule has 0 spiro atoms. The van der Waals surface area contributed by atoms with E-state index in [1.54, 1.807) is 0 Å². The van der Waals surface area contributed by atoms with Gasteiger partial charge in [-0.3, -0.25) is 9.59 Å². The molecule has 0 saturated carbocycles. The number of hydrogen-bond acceptors (Lipinski definition) is 5. The molecule has 0 amide bonds. The molecule has 0 aromatic rings. The molecular weight excluding hydrogens is 1030 g/mol. The van der Waals surface area contributed by atoms with E-state index in [-0.39, 0.29) is 25.2 Å². The summed E-state index contributed by atoms with van der Waals surface area (Å²) in [5.41, 5.74) is 0. The highest BCUT2D eigenvalue weighted by Gasteiger charge is 2.16. The van der Waals surface area contributed by atoms with E-state index >= 15 is 0 Å². The van der Waals surface area contributed by atoms with Gasteiger partial charge in [0.15, 0.2) is 6.10 Å². The maximum Gasteiger partial charge on any atom is 0.306 e. The first-order valence-corrected chi connectivity index (χ1v) is 36.1. The van der Waals surface area contributed by atoms with Crippen molar-refractivity contribution < 1.29 is 24.2 Å². The average molecular weight is 1170 g/mol. The molecule has 1 N–H and O–H groups in total. The van der Waals surface area contributed by atoms with Crippen molar-refractivity contribution in [3.05, 3.63) is 122 Å². The lowest BCUT2D eigenvalue weighted by atomic mass is 10.0. The molecule has 0 rings (SSSR count). The molecule has 0 fully saturated rings. The third-order valence-corrected chi connectivity index (χ3v) is 15.8. The van der Waals surface area contributed by atoms with E-state index in [9.17, 15) is 14.7 Å². The quantitative estimate of drug-likeness (QED) is 0.0373. The Morgan fingerprint density at radius 2 is 0.476 bits per heavy atom. The van der Waals surface area contributed by atoms with Crippen LogP contribution >= 0.6 is 0 Å². The minimum atomic E-state index is -0.776. The number of ether oxygens (including phenoxy) is 2. The highest BCUT2D eigenvalue weighted by Crippen LogP contribution is 2.18. The molecule has 0 aromatic heterocycles. The van der Waals surface area contributed by atoms with Gasteiger partial charge in [-0.1, -0.05) is 354 Å². The zero-order valence-electron chi connectivity index (χ0n) is 55.4. The van der Waals surface area contributed by atoms with Crippen LogP contribution in [0, 0.1) is 0 Å². The number of hydrogen-bond donors (Lipinski definition) is 1. The molecule has 84 heavy (non-hydrogen) atoms. The van der Waals surface area contributed by atoms with Crippen molar-refractivity contribution in [2.24, 2.45) is 0 Å². The van der Waals surface area contributed by atoms with E-state index in [0.29, 0.717) is 12.8 Å². The molecule has 482 valence electrons. The van der Waals surface area contributed by atoms with Crippen LogP contribution in [0.2, 0.25) is 0 Å². The van der Waals surface area contributed by atoms with Crippen molar-refractivity contribution >= 4 is 11.9 Å². The summed E-state index contributed by atoms with van der Waals surface area (Å²) < 4.78 is 10.8. The van der Waals surface area contributed by atoms with Crippen LogP contribution < -0.4 is 0 Å². The zero-order valence-corrected chi connectivity index (χ0v) is 55.4. The Labute approximate surface area is 522 Å². The van der Waals surface area contributed by atoms with Crippen molar-refractivity contribution in [2.45, 2.75) is 354 Å². The lowest BCUT2D eigenvalue weighted by molar-refractivity contribution is -0.161. The van der Waals surface area contributed by atoms with Crippen LogP contribution in [0.4, 0.5) is 0 Å². The molecule has 0 heterocycles. The number of rotatable bonds is 66. The Bertz CT molecular complexity index is 1650. The summed E-state index contributed by atoms with van der Waals surface area (Å²) in [5.74, 6) is -0.577. The summed E-state index contributed by atoms with van der Waals surface area (Å²) in [6.45, 7) is 3.95. The Morgan fingerprint density at radius 3 is 0.714 bits per heavy atom. The van der Waals surface area contributed by atoms with Crippen molar-refractivity contribution in [3.8, 4) is 0 Å². The van der Waals surface area contributed by atoms with Gasteiger partial charge in [-0.2, -0.15) is 0 Å². The van der Waals surface area contributed by atoms with E-state index in [1.165, 1.54) is 218 Å². The Balaban J connectivity index is 3.43. The minimum absolute atomic E-state index is 0.0656. The maximum atomic E-state index is 12.4. The fourth-order valence-electron chi connectivity index (χ4n) is 10.4. The van der Waals surface area contributed by atoms with Gasteiger partial charge in [0.1, 0.15) is 6.61 Å². The summed E-state index contributed by atoms with van der Waals surface area (Å²) in [4.78, 5) is 24.7. The molecule has 1 atom stereocenters. The topological polar surface area (TPSA) is 72.8 Å². The van der Waals surface area contributed by atoms with Crippen LogP contribution in [0.1, 0.15) is 348 Å². The molecule has 0 aliphatic carbocycles. The first-order valence-electron chi connectivity index (χ1n) is 36.1. The number of carbonyl (C=O) groups excluding carboxylic acids is 2. The minimum Gasteiger partial charge on any atom is -0.462 e. The van der Waals surface area contributed by atoms with E-state index in [2.05, 4.69) is 135 Å². The standard InChI is InChI=1S/C79H136O5/c1-3-5-7-9-11-13-15-17-19-21-23-25-27-29-31-33-34-35-36-37-38-39-40-41-42-43-44-46-48-50-52-54-56-58-60-62-64-66-68-70-72-74-79(82)84-77(75-80)76-83-78(81)73-71-69-67-65-63-61-59-57-55-53-51-49-47-45-32-30-28-26-24-22-20-18-16-14-12-10-8-6-4-2/h5-8,11-14,17-20,23-26,29,31,34-35,77,80H,3-4,9-10,15-16,21-22,27-28,30,32-33,36-76H2,1-2H3/b7-5-,8-6-,13-11-,14-12-,19-17-,20-18-,25-23-,26-24-,31-29-,35-34-. The number of esters is 2. The van der Waals surface area contributed by atoms with Crippen molar-refractivity contribution in [3.63, 3.8) is 0 Å². The average Bonchev–Trinajstić information content (AvgIpc) is 3.51. The van der Waals surface area contributed by atoms with Crippen LogP contribution in [-0.4, -0.2) is 36.4 Å². The SMILES string of the molecule is CC/C=C\C/C=C\C/C=C\C/C=C\C/C=C\C/C=C\CCCCCCCCCCCCCCCCCCCCCCCCC(=O)OC(CO)COC(=O)CCCCCCCCCCCCCCCCCC/C=C\C/C=C\C/C=C\C/C=C\CC. The number of unbranched alkanes of at least 4 members (excludes halogenated alkanes) is 38. The van der Waals surface area contributed by atoms with Crippen LogP contribution in [0.5, 0.6) is 0 Å². The fraction of sp³-hybridized carbons (Fsp3) is 0.722. The zero-order chi connectivity index (χ0) is 60.5. The maximum absolute atomic E-state index is 12.4. The normalized spacial score (nSPS) is 12.9. The second-order valence-corrected chi connectivity index (χ2v) is 23.9. The summed E-state index contributed by atoms with van der Waals surface area (Å²) in [6, 6.07) is 0. The fourth-order valence-corrected chi connectivity index (χ4v) is 10.4. The van der Waals surface area contributed by atoms with E-state index in [0.717, 1.165) is 103 Å². The first-order chi connectivity index (χ1) is 41.6. The highest BCUT2D eigenvalue weighted by molar-refractivity contribution is 5.70. The van der Waals surface area contributed by atoms with Gasteiger partial charge in [-0.25, -0.2) is 0 Å². The summed E-state index contributed by atoms with van der Waals surface area (Å²) in [7, 11) is 0. The predicted octanol–water partition coefficient (Wildman–Crippen LogP) is 25.3. The molecule has 0 saturated heterocycles. The number of carbonyl (C=O) groups is 2. The van der Waals surface area contributed by atoms with E-state index in [4.69, 9.17) is 9.47 Å². The molecule has 0 aliphatic rings. The molecule has 0 aromatic carbocycles. The summed E-state index contributed by atoms with van der Waals surface area (Å²) >= 11 is 0. The van der Waals surface area contributed by atoms with Gasteiger partial charge < -0.3 is 14.6 Å². The van der Waals surface area contributed by atoms with Crippen LogP contribution in [-0.2, 0) is 19.1 Å². The molecule has 5 heteroatoms. The monoisotopic (exact) mass is 1170 g/mol. The third-order valence-electron chi connectivity index (χ3n) is 15.8. The van der Waals surface area contributed by atoms with Crippen molar-refractivity contribution in [1.29, 1.82) is 0 Å². The van der Waals surface area contributed by atoms with Gasteiger partial charge in [-0.05, 0) is 103 Å². The third kappa shape index (κ3) is 70.8. The lowest BCUT2D eigenvalue weighted by Gasteiger charge is -2.15. The number of aliphatic hydroxyl groups excluding tert-OH is 1. The van der Waals surface area contributed by atoms with E-state index in [1.807, 2.05) is 0 Å². The van der Waals surface area contributed by atoms with Gasteiger partial charge in [0.25, 0.3) is 0 Å². The molecule has 5 nitrogen and oxygen atoms in total. The number of allylic oxidation sites excluding steroid dienone is 20. The van der Waals surface area contributed by atoms with Gasteiger partial charge in [0, 0.05) is 12.8 Å². The molecule has 0 aliphatic heterocycles. The van der Waals surface area contributed by atoms with Gasteiger partial charge in [0.05, 0.1) is 6.61 Å². The van der Waals surface area contributed by atoms with Crippen molar-refractivity contribution in [2.75, 3.05) is 13.2 Å². The van der Waals surface area contributed by atoms with Gasteiger partial charge in [-0.15, -0.1) is 0 Å². The second-order valence-electron chi connectivity index (χ2n) is 23.9. The summed E-state index contributed by atoms with van der Waals surface area (Å²) in [5, 5.41) is 9.71. The van der Waals surface area contributed by atoms with Gasteiger partial charge >= 0.3 is 11.9 Å². The van der Waals surface area contributed by atoms with Gasteiger partial charge in [0.2, 0.25) is 0 Å². The molecule has 1 unspecified atom stereocenters. The Kier molecular flexibility index (Phi) is 70.3. The first kappa shape index (κ1) is 80.3. The molecule has 0 bridgehead atoms.